The molecule has 2 atom stereocenters. The van der Waals surface area contributed by atoms with Crippen molar-refractivity contribution in [3.05, 3.63) is 101 Å². The van der Waals surface area contributed by atoms with Crippen molar-refractivity contribution in [2.45, 2.75) is 43.2 Å². The number of benzene rings is 3. The fraction of sp³-hybridized carbons (Fsp3) is 0.296. The van der Waals surface area contributed by atoms with Gasteiger partial charge in [-0.25, -0.2) is 8.78 Å². The average Bonchev–Trinajstić information content (AvgIpc) is 2.87. The van der Waals surface area contributed by atoms with E-state index in [1.165, 1.54) is 18.2 Å². The van der Waals surface area contributed by atoms with Crippen LogP contribution < -0.4 is 10.1 Å². The van der Waals surface area contributed by atoms with E-state index in [2.05, 4.69) is 4.74 Å². The zero-order valence-corrected chi connectivity index (χ0v) is 22.0. The van der Waals surface area contributed by atoms with Gasteiger partial charge in [0.05, 0.1) is 6.42 Å². The summed E-state index contributed by atoms with van der Waals surface area (Å²) in [5, 5.41) is 11.4. The van der Waals surface area contributed by atoms with Crippen LogP contribution >= 0.6 is 11.8 Å². The van der Waals surface area contributed by atoms with Gasteiger partial charge in [0.15, 0.2) is 0 Å². The van der Waals surface area contributed by atoms with E-state index in [1.807, 2.05) is 5.32 Å². The molecule has 0 fully saturated rings. The highest BCUT2D eigenvalue weighted by atomic mass is 32.2. The van der Waals surface area contributed by atoms with Crippen molar-refractivity contribution < 1.29 is 58.5 Å². The lowest BCUT2D eigenvalue weighted by atomic mass is 10.1. The van der Waals surface area contributed by atoms with Gasteiger partial charge in [-0.3, -0.25) is 10.1 Å². The van der Waals surface area contributed by atoms with Crippen molar-refractivity contribution in [3.8, 4) is 5.75 Å². The fourth-order valence-corrected chi connectivity index (χ4v) is 4.43. The van der Waals surface area contributed by atoms with Crippen LogP contribution in [0.3, 0.4) is 0 Å². The number of carboxylic acid groups (broad SMARTS) is 1. The molecule has 15 heteroatoms. The van der Waals surface area contributed by atoms with E-state index in [0.717, 1.165) is 60.3 Å². The highest BCUT2D eigenvalue weighted by Crippen LogP contribution is 2.34. The van der Waals surface area contributed by atoms with Gasteiger partial charge in [0.1, 0.15) is 29.5 Å². The molecule has 230 valence electrons. The Kier molecular flexibility index (Phi) is 13.0. The smallest absolute Gasteiger partial charge is 0.407 e. The molecule has 0 aromatic heterocycles. The second-order valence-electron chi connectivity index (χ2n) is 8.50. The van der Waals surface area contributed by atoms with Gasteiger partial charge in [-0.05, 0) is 41.5 Å². The Bertz CT molecular complexity index is 1250. The predicted molar refractivity (Wildman–Crippen MR) is 135 cm³/mol. The van der Waals surface area contributed by atoms with E-state index >= 15 is 0 Å². The summed E-state index contributed by atoms with van der Waals surface area (Å²) in [6.45, 7) is -3.05. The number of hydrogen-bond acceptors (Lipinski definition) is 4. The van der Waals surface area contributed by atoms with Gasteiger partial charge < -0.3 is 9.84 Å². The molecule has 0 spiro atoms. The Labute approximate surface area is 237 Å². The predicted octanol–water partition coefficient (Wildman–Crippen LogP) is 7.94. The normalized spacial score (nSPS) is 13.2. The Hall–Kier alpha value is -3.46. The first-order valence-corrected chi connectivity index (χ1v) is 12.9. The van der Waals surface area contributed by atoms with Crippen molar-refractivity contribution in [2.75, 3.05) is 5.75 Å². The molecule has 3 aromatic carbocycles. The number of thioether (sulfide) groups is 1. The molecule has 4 nitrogen and oxygen atoms in total. The molecule has 0 saturated heterocycles. The third-order valence-corrected chi connectivity index (χ3v) is 6.33. The summed E-state index contributed by atoms with van der Waals surface area (Å²) in [6.07, 6.45) is -10.1. The zero-order valence-electron chi connectivity index (χ0n) is 21.2. The van der Waals surface area contributed by atoms with Gasteiger partial charge >= 0.3 is 24.9 Å². The number of halogens is 10. The van der Waals surface area contributed by atoms with Crippen LogP contribution in [0.15, 0.2) is 72.8 Å². The van der Waals surface area contributed by atoms with Crippen LogP contribution in [0, 0.1) is 11.6 Å². The van der Waals surface area contributed by atoms with E-state index in [4.69, 9.17) is 0 Å². The minimum Gasteiger partial charge on any atom is -0.480 e. The van der Waals surface area contributed by atoms with Gasteiger partial charge in [-0.1, -0.05) is 42.5 Å². The number of carbonyl (C=O) groups is 1. The lowest BCUT2D eigenvalue weighted by Gasteiger charge is -2.26. The van der Waals surface area contributed by atoms with Crippen molar-refractivity contribution in [2.24, 2.45) is 0 Å². The number of rotatable bonds is 11. The van der Waals surface area contributed by atoms with Crippen LogP contribution in [-0.2, 0) is 17.0 Å². The number of para-hydroxylation sites is 1. The monoisotopic (exact) mass is 631 g/mol. The van der Waals surface area contributed by atoms with Gasteiger partial charge in [0.2, 0.25) is 0 Å². The topological polar surface area (TPSA) is 58.6 Å². The number of alkyl halides is 8. The van der Waals surface area contributed by atoms with E-state index in [9.17, 15) is 53.8 Å². The molecule has 0 aliphatic heterocycles. The zero-order chi connectivity index (χ0) is 31.5. The first-order valence-electron chi connectivity index (χ1n) is 11.8. The summed E-state index contributed by atoms with van der Waals surface area (Å²) in [5.41, 5.74) is 0.0811. The average molecular weight is 632 g/mol. The largest absolute Gasteiger partial charge is 0.480 e. The first kappa shape index (κ1) is 34.7. The fourth-order valence-electron chi connectivity index (χ4n) is 3.38. The summed E-state index contributed by atoms with van der Waals surface area (Å²) in [6, 6.07) is 9.74. The Balaban J connectivity index is 0.000000428. The quantitative estimate of drug-likeness (QED) is 0.211. The molecular formula is C27H23F10NO3S. The standard InChI is InChI=1S/C19H17F6NO3S.C8H6F4/c20-13-7-5-11(6-8-13)16(19(23,24)25)26-14(17(27)28)10-30-9-12-3-1-2-4-15(12)29-18(21)22;9-7-3-1-6(2-4-7)5-8(10,11)12/h1-8,14,16,18,26H,9-10H2,(H,27,28);1-4H,5H2/t14-,16?;/m0./s1. The Morgan fingerprint density at radius 2 is 1.40 bits per heavy atom. The van der Waals surface area contributed by atoms with Gasteiger partial charge in [-0.2, -0.15) is 46.9 Å². The molecule has 0 aliphatic rings. The molecule has 0 radical (unpaired) electrons. The summed E-state index contributed by atoms with van der Waals surface area (Å²) in [5.74, 6) is -3.11. The van der Waals surface area contributed by atoms with Crippen molar-refractivity contribution in [1.29, 1.82) is 0 Å². The van der Waals surface area contributed by atoms with Gasteiger partial charge in [0, 0.05) is 17.1 Å². The van der Waals surface area contributed by atoms with Crippen molar-refractivity contribution in [1.82, 2.24) is 5.32 Å². The highest BCUT2D eigenvalue weighted by Gasteiger charge is 2.42. The maximum Gasteiger partial charge on any atom is 0.407 e. The summed E-state index contributed by atoms with van der Waals surface area (Å²) in [7, 11) is 0. The third-order valence-electron chi connectivity index (χ3n) is 5.25. The molecule has 0 bridgehead atoms. The first-order chi connectivity index (χ1) is 19.5. The van der Waals surface area contributed by atoms with E-state index in [1.54, 1.807) is 6.07 Å². The molecule has 0 amide bonds. The summed E-state index contributed by atoms with van der Waals surface area (Å²) >= 11 is 0.939. The minimum atomic E-state index is -4.83. The maximum atomic E-state index is 13.4. The van der Waals surface area contributed by atoms with Gasteiger partial charge in [0.25, 0.3) is 0 Å². The second-order valence-corrected chi connectivity index (χ2v) is 9.53. The number of nitrogens with one attached hydrogen (secondary N) is 1. The van der Waals surface area contributed by atoms with Crippen LogP contribution in [-0.4, -0.2) is 41.8 Å². The van der Waals surface area contributed by atoms with E-state index in [0.29, 0.717) is 5.56 Å². The number of carboxylic acids is 1. The summed E-state index contributed by atoms with van der Waals surface area (Å²) in [4.78, 5) is 11.5. The number of hydrogen-bond donors (Lipinski definition) is 2. The van der Waals surface area contributed by atoms with E-state index in [-0.39, 0.29) is 28.4 Å². The van der Waals surface area contributed by atoms with Gasteiger partial charge in [-0.15, -0.1) is 0 Å². The van der Waals surface area contributed by atoms with Crippen LogP contribution in [0.25, 0.3) is 0 Å². The minimum absolute atomic E-state index is 0.0432. The Morgan fingerprint density at radius 1 is 0.857 bits per heavy atom. The van der Waals surface area contributed by atoms with E-state index < -0.39 is 55.1 Å². The molecule has 0 heterocycles. The van der Waals surface area contributed by atoms with Crippen LogP contribution in [0.2, 0.25) is 0 Å². The molecule has 42 heavy (non-hydrogen) atoms. The third kappa shape index (κ3) is 12.6. The lowest BCUT2D eigenvalue weighted by molar-refractivity contribution is -0.162. The van der Waals surface area contributed by atoms with Crippen LogP contribution in [0.1, 0.15) is 22.7 Å². The van der Waals surface area contributed by atoms with Crippen molar-refractivity contribution in [3.63, 3.8) is 0 Å². The molecule has 2 N–H and O–H groups in total. The molecule has 0 aliphatic carbocycles. The van der Waals surface area contributed by atoms with Crippen LogP contribution in [0.5, 0.6) is 5.75 Å². The number of aliphatic carboxylic acids is 1. The second kappa shape index (κ2) is 15.7. The lowest BCUT2D eigenvalue weighted by Crippen LogP contribution is -2.46. The molecule has 3 rings (SSSR count). The molecule has 1 unspecified atom stereocenters. The molecule has 0 saturated carbocycles. The Morgan fingerprint density at radius 3 is 1.90 bits per heavy atom. The number of ether oxygens (including phenoxy) is 1. The maximum absolute atomic E-state index is 13.4. The SMILES string of the molecule is Fc1ccc(CC(F)(F)F)cc1.O=C(O)[C@H](CSCc1ccccc1OC(F)F)NC(c1ccc(F)cc1)C(F)(F)F. The molecular weight excluding hydrogens is 608 g/mol. The van der Waals surface area contributed by atoms with Crippen molar-refractivity contribution >= 4 is 17.7 Å². The summed E-state index contributed by atoms with van der Waals surface area (Å²) < 4.78 is 130. The highest BCUT2D eigenvalue weighted by molar-refractivity contribution is 7.98. The van der Waals surface area contributed by atoms with Crippen LogP contribution in [0.4, 0.5) is 43.9 Å². The molecule has 3 aromatic rings.